The molecule has 220 valence electrons. The van der Waals surface area contributed by atoms with E-state index >= 15 is 0 Å². The number of rotatable bonds is 12. The van der Waals surface area contributed by atoms with Gasteiger partial charge in [-0.05, 0) is 67.8 Å². The van der Waals surface area contributed by atoms with Crippen LogP contribution in [0, 0.1) is 0 Å². The van der Waals surface area contributed by atoms with Crippen LogP contribution < -0.4 is 9.62 Å². The highest BCUT2D eigenvalue weighted by atomic mass is 35.5. The molecule has 0 fully saturated rings. The van der Waals surface area contributed by atoms with Crippen molar-refractivity contribution < 1.29 is 18.0 Å². The fourth-order valence-electron chi connectivity index (χ4n) is 4.10. The van der Waals surface area contributed by atoms with E-state index in [0.29, 0.717) is 22.0 Å². The molecule has 1 N–H and O–H groups in total. The highest BCUT2D eigenvalue weighted by Gasteiger charge is 2.35. The maximum atomic E-state index is 14.1. The number of halogens is 4. The van der Waals surface area contributed by atoms with Gasteiger partial charge in [0, 0.05) is 27.7 Å². The lowest BCUT2D eigenvalue weighted by atomic mass is 10.1. The first-order valence-electron chi connectivity index (χ1n) is 13.0. The third kappa shape index (κ3) is 8.30. The van der Waals surface area contributed by atoms with Crippen molar-refractivity contribution in [2.24, 2.45) is 0 Å². The molecule has 0 aliphatic carbocycles. The first-order valence-corrected chi connectivity index (χ1v) is 15.9. The maximum absolute atomic E-state index is 14.1. The molecule has 0 bridgehead atoms. The SMILES string of the molecule is CCC(C)NC(=O)C(CC)N(Cc1ccc(Cl)cc1Cl)C(=O)CN(c1cc(Cl)ccc1Cl)S(=O)(=O)c1ccccc1. The molecule has 0 aromatic heterocycles. The summed E-state index contributed by atoms with van der Waals surface area (Å²) in [4.78, 5) is 28.8. The first kappa shape index (κ1) is 33.0. The number of nitrogens with zero attached hydrogens (tertiary/aromatic N) is 2. The molecule has 41 heavy (non-hydrogen) atoms. The predicted octanol–water partition coefficient (Wildman–Crippen LogP) is 7.22. The molecule has 3 aromatic rings. The molecule has 0 aliphatic heterocycles. The quantitative estimate of drug-likeness (QED) is 0.223. The molecule has 0 heterocycles. The molecule has 0 radical (unpaired) electrons. The summed E-state index contributed by atoms with van der Waals surface area (Å²) in [5, 5.41) is 3.95. The average molecular weight is 659 g/mol. The average Bonchev–Trinajstić information content (AvgIpc) is 2.94. The van der Waals surface area contributed by atoms with Crippen LogP contribution in [0.1, 0.15) is 39.2 Å². The Kier molecular flexibility index (Phi) is 11.8. The minimum atomic E-state index is -4.29. The van der Waals surface area contributed by atoms with Crippen LogP contribution in [0.2, 0.25) is 20.1 Å². The highest BCUT2D eigenvalue weighted by Crippen LogP contribution is 2.33. The van der Waals surface area contributed by atoms with Gasteiger partial charge in [0.2, 0.25) is 11.8 Å². The molecular formula is C29H31Cl4N3O4S. The molecule has 12 heteroatoms. The van der Waals surface area contributed by atoms with Gasteiger partial charge in [0.05, 0.1) is 15.6 Å². The van der Waals surface area contributed by atoms with Crippen LogP contribution in [0.25, 0.3) is 0 Å². The number of sulfonamides is 1. The van der Waals surface area contributed by atoms with E-state index in [1.54, 1.807) is 43.3 Å². The van der Waals surface area contributed by atoms with Crippen LogP contribution in [-0.4, -0.2) is 43.8 Å². The fraction of sp³-hybridized carbons (Fsp3) is 0.310. The maximum Gasteiger partial charge on any atom is 0.264 e. The Morgan fingerprint density at radius 1 is 0.854 bits per heavy atom. The number of amides is 2. The van der Waals surface area contributed by atoms with E-state index in [1.807, 2.05) is 13.8 Å². The van der Waals surface area contributed by atoms with E-state index < -0.39 is 28.5 Å². The minimum absolute atomic E-state index is 0.0259. The van der Waals surface area contributed by atoms with E-state index in [0.717, 1.165) is 4.31 Å². The van der Waals surface area contributed by atoms with Gasteiger partial charge in [-0.25, -0.2) is 8.42 Å². The number of carbonyl (C=O) groups is 2. The lowest BCUT2D eigenvalue weighted by Gasteiger charge is -2.34. The zero-order chi connectivity index (χ0) is 30.3. The van der Waals surface area contributed by atoms with Gasteiger partial charge >= 0.3 is 0 Å². The van der Waals surface area contributed by atoms with Crippen molar-refractivity contribution in [2.45, 2.75) is 57.1 Å². The number of carbonyl (C=O) groups excluding carboxylic acids is 2. The van der Waals surface area contributed by atoms with E-state index in [1.165, 1.54) is 35.2 Å². The third-order valence-electron chi connectivity index (χ3n) is 6.53. The Hall–Kier alpha value is -2.49. The standard InChI is InChI=1S/C29H31Cl4N3O4S/c1-4-19(3)34-29(38)26(5-2)35(17-20-11-12-21(30)15-25(20)33)28(37)18-36(27-16-22(31)13-14-24(27)32)41(39,40)23-9-7-6-8-10-23/h6-16,19,26H,4-5,17-18H2,1-3H3,(H,34,38). The van der Waals surface area contributed by atoms with Crippen molar-refractivity contribution >= 4 is 73.9 Å². The minimum Gasteiger partial charge on any atom is -0.352 e. The van der Waals surface area contributed by atoms with Crippen LogP contribution in [0.15, 0.2) is 71.6 Å². The van der Waals surface area contributed by atoms with Gasteiger partial charge in [-0.3, -0.25) is 13.9 Å². The third-order valence-corrected chi connectivity index (χ3v) is 9.45. The Labute approximate surface area is 261 Å². The summed E-state index contributed by atoms with van der Waals surface area (Å²) in [6, 6.07) is 15.8. The number of hydrogen-bond acceptors (Lipinski definition) is 4. The molecule has 3 rings (SSSR count). The summed E-state index contributed by atoms with van der Waals surface area (Å²) < 4.78 is 28.7. The molecule has 7 nitrogen and oxygen atoms in total. The van der Waals surface area contributed by atoms with Gasteiger partial charge in [0.15, 0.2) is 0 Å². The second-order valence-corrected chi connectivity index (χ2v) is 13.0. The van der Waals surface area contributed by atoms with Crippen molar-refractivity contribution in [3.63, 3.8) is 0 Å². The molecule has 2 amide bonds. The Balaban J connectivity index is 2.11. The molecule has 2 atom stereocenters. The van der Waals surface area contributed by atoms with Crippen LogP contribution in [-0.2, 0) is 26.2 Å². The normalized spacial score (nSPS) is 12.9. The molecule has 0 aliphatic rings. The van der Waals surface area contributed by atoms with Gasteiger partial charge in [-0.1, -0.05) is 84.5 Å². The topological polar surface area (TPSA) is 86.8 Å². The van der Waals surface area contributed by atoms with Crippen molar-refractivity contribution in [3.05, 3.63) is 92.4 Å². The largest absolute Gasteiger partial charge is 0.352 e. The zero-order valence-corrected chi connectivity index (χ0v) is 26.6. The molecule has 3 aromatic carbocycles. The van der Waals surface area contributed by atoms with Crippen molar-refractivity contribution in [3.8, 4) is 0 Å². The number of nitrogens with one attached hydrogen (secondary N) is 1. The van der Waals surface area contributed by atoms with Crippen LogP contribution in [0.4, 0.5) is 5.69 Å². The zero-order valence-electron chi connectivity index (χ0n) is 22.8. The molecule has 0 saturated heterocycles. The summed E-state index contributed by atoms with van der Waals surface area (Å²) in [5.74, 6) is -1.00. The summed E-state index contributed by atoms with van der Waals surface area (Å²) in [5.41, 5.74) is 0.565. The van der Waals surface area contributed by atoms with Gasteiger partial charge < -0.3 is 10.2 Å². The number of hydrogen-bond donors (Lipinski definition) is 1. The molecule has 2 unspecified atom stereocenters. The van der Waals surface area contributed by atoms with E-state index in [-0.39, 0.29) is 45.5 Å². The van der Waals surface area contributed by atoms with Crippen molar-refractivity contribution in [1.29, 1.82) is 0 Å². The second kappa shape index (κ2) is 14.6. The van der Waals surface area contributed by atoms with Crippen LogP contribution in [0.3, 0.4) is 0 Å². The van der Waals surface area contributed by atoms with Crippen LogP contribution in [0.5, 0.6) is 0 Å². The van der Waals surface area contributed by atoms with Crippen LogP contribution >= 0.6 is 46.4 Å². The number of anilines is 1. The molecule has 0 saturated carbocycles. The molecular weight excluding hydrogens is 628 g/mol. The lowest BCUT2D eigenvalue weighted by molar-refractivity contribution is -0.140. The van der Waals surface area contributed by atoms with Gasteiger partial charge in [-0.15, -0.1) is 0 Å². The fourth-order valence-corrected chi connectivity index (χ4v) is 6.45. The monoisotopic (exact) mass is 657 g/mol. The van der Waals surface area contributed by atoms with Gasteiger partial charge in [0.25, 0.3) is 10.0 Å². The smallest absolute Gasteiger partial charge is 0.264 e. The Morgan fingerprint density at radius 2 is 1.49 bits per heavy atom. The second-order valence-electron chi connectivity index (χ2n) is 9.42. The number of benzene rings is 3. The first-order chi connectivity index (χ1) is 19.4. The van der Waals surface area contributed by atoms with Gasteiger partial charge in [-0.2, -0.15) is 0 Å². The van der Waals surface area contributed by atoms with Crippen molar-refractivity contribution in [1.82, 2.24) is 10.2 Å². The summed E-state index contributed by atoms with van der Waals surface area (Å²) in [6.07, 6.45) is 0.956. The van der Waals surface area contributed by atoms with E-state index in [9.17, 15) is 18.0 Å². The van der Waals surface area contributed by atoms with E-state index in [4.69, 9.17) is 46.4 Å². The Morgan fingerprint density at radius 3 is 2.10 bits per heavy atom. The summed E-state index contributed by atoms with van der Waals surface area (Å²) >= 11 is 25.2. The van der Waals surface area contributed by atoms with Gasteiger partial charge in [0.1, 0.15) is 12.6 Å². The highest BCUT2D eigenvalue weighted by molar-refractivity contribution is 7.92. The Bertz CT molecular complexity index is 1490. The lowest BCUT2D eigenvalue weighted by Crippen LogP contribution is -2.53. The molecule has 0 spiro atoms. The van der Waals surface area contributed by atoms with E-state index in [2.05, 4.69) is 5.32 Å². The summed E-state index contributed by atoms with van der Waals surface area (Å²) in [7, 11) is -4.29. The van der Waals surface area contributed by atoms with Crippen molar-refractivity contribution in [2.75, 3.05) is 10.8 Å². The summed E-state index contributed by atoms with van der Waals surface area (Å²) in [6.45, 7) is 4.85. The predicted molar refractivity (Wildman–Crippen MR) is 166 cm³/mol.